The van der Waals surface area contributed by atoms with Crippen LogP contribution in [-0.4, -0.2) is 17.6 Å². The molecule has 0 saturated carbocycles. The number of carboxylic acids is 1. The predicted molar refractivity (Wildman–Crippen MR) is 62.9 cm³/mol. The molecule has 0 bridgehead atoms. The molecule has 0 fully saturated rings. The molecule has 4 heteroatoms. The molecule has 1 aliphatic carbocycles. The predicted octanol–water partition coefficient (Wildman–Crippen LogP) is 1.96. The number of hydrogen-bond donors (Lipinski definition) is 2. The number of carboxylic acid groups (broad SMARTS) is 1. The Morgan fingerprint density at radius 3 is 2.88 bits per heavy atom. The van der Waals surface area contributed by atoms with Crippen molar-refractivity contribution in [2.24, 2.45) is 5.73 Å². The van der Waals surface area contributed by atoms with Gasteiger partial charge in [-0.2, -0.15) is 0 Å². The van der Waals surface area contributed by atoms with Gasteiger partial charge in [0, 0.05) is 11.6 Å². The molecule has 3 nitrogen and oxygen atoms in total. The van der Waals surface area contributed by atoms with E-state index in [4.69, 9.17) is 22.4 Å². The summed E-state index contributed by atoms with van der Waals surface area (Å²) in [6.45, 7) is 0.113. The van der Waals surface area contributed by atoms with Crippen LogP contribution in [0.25, 0.3) is 0 Å². The zero-order valence-corrected chi connectivity index (χ0v) is 9.63. The zero-order valence-electron chi connectivity index (χ0n) is 8.87. The fourth-order valence-corrected chi connectivity index (χ4v) is 2.62. The molecule has 16 heavy (non-hydrogen) atoms. The average Bonchev–Trinajstić information content (AvgIpc) is 2.65. The Bertz CT molecular complexity index is 431. The molecule has 0 amide bonds. The van der Waals surface area contributed by atoms with Gasteiger partial charge in [-0.25, -0.2) is 0 Å². The minimum atomic E-state index is -0.876. The fraction of sp³-hybridized carbons (Fsp3) is 0.417. The van der Waals surface area contributed by atoms with Gasteiger partial charge in [0.2, 0.25) is 0 Å². The minimum absolute atomic E-state index is 0.113. The summed E-state index contributed by atoms with van der Waals surface area (Å²) >= 11 is 6.00. The number of hydrogen-bond acceptors (Lipinski definition) is 2. The van der Waals surface area contributed by atoms with Gasteiger partial charge < -0.3 is 10.8 Å². The summed E-state index contributed by atoms with van der Waals surface area (Å²) < 4.78 is 0. The molecule has 2 rings (SSSR count). The minimum Gasteiger partial charge on any atom is -0.481 e. The summed E-state index contributed by atoms with van der Waals surface area (Å²) in [5, 5.41) is 9.73. The van der Waals surface area contributed by atoms with Crippen molar-refractivity contribution >= 4 is 17.6 Å². The zero-order chi connectivity index (χ0) is 11.7. The summed E-state index contributed by atoms with van der Waals surface area (Å²) in [4.78, 5) is 11.1. The molecule has 1 atom stereocenters. The number of aryl methyl sites for hydroxylation is 1. The van der Waals surface area contributed by atoms with Crippen LogP contribution < -0.4 is 5.73 Å². The highest BCUT2D eigenvalue weighted by Gasteiger charge is 2.25. The van der Waals surface area contributed by atoms with Gasteiger partial charge in [0.1, 0.15) is 0 Å². The van der Waals surface area contributed by atoms with Crippen LogP contribution in [0.1, 0.15) is 29.0 Å². The first-order valence-electron chi connectivity index (χ1n) is 5.37. The second kappa shape index (κ2) is 4.44. The van der Waals surface area contributed by atoms with Gasteiger partial charge in [-0.05, 0) is 48.1 Å². The van der Waals surface area contributed by atoms with Crippen LogP contribution in [0.5, 0.6) is 0 Å². The third kappa shape index (κ3) is 1.93. The Balaban J connectivity index is 2.51. The van der Waals surface area contributed by atoms with E-state index in [1.54, 1.807) is 6.07 Å². The van der Waals surface area contributed by atoms with E-state index in [1.165, 1.54) is 5.56 Å². The van der Waals surface area contributed by atoms with Crippen molar-refractivity contribution < 1.29 is 9.90 Å². The van der Waals surface area contributed by atoms with Crippen LogP contribution in [0.4, 0.5) is 0 Å². The van der Waals surface area contributed by atoms with E-state index < -0.39 is 11.9 Å². The molecule has 1 aromatic rings. The highest BCUT2D eigenvalue weighted by atomic mass is 35.5. The van der Waals surface area contributed by atoms with Crippen molar-refractivity contribution in [3.63, 3.8) is 0 Å². The van der Waals surface area contributed by atoms with Crippen LogP contribution >= 0.6 is 11.6 Å². The highest BCUT2D eigenvalue weighted by molar-refractivity contribution is 6.30. The second-order valence-electron chi connectivity index (χ2n) is 4.11. The van der Waals surface area contributed by atoms with Crippen molar-refractivity contribution in [1.29, 1.82) is 0 Å². The molecule has 0 radical (unpaired) electrons. The Kier molecular flexibility index (Phi) is 3.17. The average molecular weight is 240 g/mol. The van der Waals surface area contributed by atoms with Crippen LogP contribution in [0.2, 0.25) is 5.02 Å². The van der Waals surface area contributed by atoms with Crippen LogP contribution in [0, 0.1) is 0 Å². The maximum atomic E-state index is 11.1. The summed E-state index contributed by atoms with van der Waals surface area (Å²) in [5.41, 5.74) is 8.65. The van der Waals surface area contributed by atoms with E-state index in [0.29, 0.717) is 5.02 Å². The summed E-state index contributed by atoms with van der Waals surface area (Å²) in [6.07, 6.45) is 2.99. The first-order chi connectivity index (χ1) is 7.63. The van der Waals surface area contributed by atoms with Gasteiger partial charge in [-0.1, -0.05) is 11.6 Å². The number of aliphatic carboxylic acids is 1. The second-order valence-corrected chi connectivity index (χ2v) is 4.55. The lowest BCUT2D eigenvalue weighted by atomic mass is 9.92. The van der Waals surface area contributed by atoms with Crippen molar-refractivity contribution in [1.82, 2.24) is 0 Å². The van der Waals surface area contributed by atoms with Gasteiger partial charge in [-0.3, -0.25) is 4.79 Å². The Labute approximate surface area is 99.2 Å². The van der Waals surface area contributed by atoms with Crippen LogP contribution in [0.3, 0.4) is 0 Å². The van der Waals surface area contributed by atoms with E-state index in [9.17, 15) is 4.79 Å². The third-order valence-electron chi connectivity index (χ3n) is 3.12. The van der Waals surface area contributed by atoms with E-state index in [0.717, 1.165) is 30.4 Å². The van der Waals surface area contributed by atoms with Crippen LogP contribution in [-0.2, 0) is 17.6 Å². The maximum Gasteiger partial charge on any atom is 0.312 e. The molecule has 1 unspecified atom stereocenters. The lowest BCUT2D eigenvalue weighted by Gasteiger charge is -2.15. The summed E-state index contributed by atoms with van der Waals surface area (Å²) in [5.74, 6) is -1.51. The lowest BCUT2D eigenvalue weighted by molar-refractivity contribution is -0.138. The van der Waals surface area contributed by atoms with Crippen molar-refractivity contribution in [2.45, 2.75) is 25.2 Å². The Hall–Kier alpha value is -1.06. The smallest absolute Gasteiger partial charge is 0.312 e. The molecular weight excluding hydrogens is 226 g/mol. The Morgan fingerprint density at radius 1 is 1.50 bits per heavy atom. The molecule has 0 aliphatic heterocycles. The molecule has 1 aliphatic rings. The normalized spacial score (nSPS) is 15.9. The van der Waals surface area contributed by atoms with E-state index in [2.05, 4.69) is 0 Å². The largest absolute Gasteiger partial charge is 0.481 e. The number of carbonyl (C=O) groups is 1. The maximum absolute atomic E-state index is 11.1. The molecule has 0 heterocycles. The van der Waals surface area contributed by atoms with Crippen molar-refractivity contribution in [3.8, 4) is 0 Å². The first-order valence-corrected chi connectivity index (χ1v) is 5.75. The molecule has 1 aromatic carbocycles. The molecule has 0 saturated heterocycles. The number of fused-ring (bicyclic) bond motifs is 1. The monoisotopic (exact) mass is 239 g/mol. The van der Waals surface area contributed by atoms with Crippen molar-refractivity contribution in [3.05, 3.63) is 33.8 Å². The molecule has 86 valence electrons. The summed E-state index contributed by atoms with van der Waals surface area (Å²) in [6, 6.07) is 3.68. The SMILES string of the molecule is NCC(C(=O)O)c1cc(Cl)cc2c1CCC2. The lowest BCUT2D eigenvalue weighted by Crippen LogP contribution is -2.22. The third-order valence-corrected chi connectivity index (χ3v) is 3.34. The van der Waals surface area contributed by atoms with Gasteiger partial charge in [0.05, 0.1) is 5.92 Å². The van der Waals surface area contributed by atoms with Gasteiger partial charge in [0.25, 0.3) is 0 Å². The molecule has 3 N–H and O–H groups in total. The standard InChI is InChI=1S/C12H14ClNO2/c13-8-4-7-2-1-3-9(7)10(5-8)11(6-14)12(15)16/h4-5,11H,1-3,6,14H2,(H,15,16). The number of nitrogens with two attached hydrogens (primary N) is 1. The summed E-state index contributed by atoms with van der Waals surface area (Å²) in [7, 11) is 0. The van der Waals surface area contributed by atoms with Gasteiger partial charge in [0.15, 0.2) is 0 Å². The number of benzene rings is 1. The van der Waals surface area contributed by atoms with Crippen LogP contribution in [0.15, 0.2) is 12.1 Å². The van der Waals surface area contributed by atoms with E-state index >= 15 is 0 Å². The fourth-order valence-electron chi connectivity index (χ4n) is 2.37. The quantitative estimate of drug-likeness (QED) is 0.848. The number of rotatable bonds is 3. The Morgan fingerprint density at radius 2 is 2.25 bits per heavy atom. The van der Waals surface area contributed by atoms with Crippen molar-refractivity contribution in [2.75, 3.05) is 6.54 Å². The number of halogens is 1. The van der Waals surface area contributed by atoms with E-state index in [-0.39, 0.29) is 6.54 Å². The highest BCUT2D eigenvalue weighted by Crippen LogP contribution is 2.33. The topological polar surface area (TPSA) is 63.3 Å². The molecule has 0 aromatic heterocycles. The van der Waals surface area contributed by atoms with Gasteiger partial charge in [-0.15, -0.1) is 0 Å². The molecular formula is C12H14ClNO2. The molecule has 0 spiro atoms. The van der Waals surface area contributed by atoms with E-state index in [1.807, 2.05) is 6.07 Å². The van der Waals surface area contributed by atoms with Gasteiger partial charge >= 0.3 is 5.97 Å². The first kappa shape index (κ1) is 11.4.